The fourth-order valence-electron chi connectivity index (χ4n) is 3.49. The van der Waals surface area contributed by atoms with Crippen LogP contribution in [0.25, 0.3) is 16.6 Å². The first-order valence-corrected chi connectivity index (χ1v) is 9.11. The molecule has 27 heavy (non-hydrogen) atoms. The number of nitrogens with zero attached hydrogens (tertiary/aromatic N) is 6. The Morgan fingerprint density at radius 3 is 2.59 bits per heavy atom. The minimum atomic E-state index is -1.02. The smallest absolute Gasteiger partial charge is 0.158 e. The summed E-state index contributed by atoms with van der Waals surface area (Å²) in [4.78, 5) is 4.49. The van der Waals surface area contributed by atoms with E-state index in [4.69, 9.17) is 0 Å². The molecule has 0 fully saturated rings. The van der Waals surface area contributed by atoms with E-state index in [0.29, 0.717) is 12.2 Å². The van der Waals surface area contributed by atoms with E-state index in [1.165, 1.54) is 0 Å². The third-order valence-corrected chi connectivity index (χ3v) is 5.07. The van der Waals surface area contributed by atoms with E-state index in [9.17, 15) is 5.11 Å². The fourth-order valence-corrected chi connectivity index (χ4v) is 3.49. The highest BCUT2D eigenvalue weighted by Gasteiger charge is 2.28. The van der Waals surface area contributed by atoms with Crippen molar-refractivity contribution in [1.82, 2.24) is 29.6 Å². The predicted molar refractivity (Wildman–Crippen MR) is 103 cm³/mol. The molecular weight excluding hydrogens is 340 g/mol. The summed E-state index contributed by atoms with van der Waals surface area (Å²) in [6.07, 6.45) is 6.24. The molecule has 4 heterocycles. The van der Waals surface area contributed by atoms with E-state index in [1.807, 2.05) is 35.1 Å². The first-order chi connectivity index (χ1) is 12.8. The van der Waals surface area contributed by atoms with E-state index in [1.54, 1.807) is 30.9 Å². The number of rotatable bonds is 5. The number of aryl methyl sites for hydroxylation is 1. The molecule has 0 saturated carbocycles. The van der Waals surface area contributed by atoms with E-state index >= 15 is 0 Å². The molecule has 0 radical (unpaired) electrons. The SMILES string of the molecule is CC(C)(O)c1nn(CCC(C)(C)c2cnn3ncccc23)c2ncccc12. The molecule has 1 N–H and O–H groups in total. The van der Waals surface area contributed by atoms with Crippen molar-refractivity contribution in [3.63, 3.8) is 0 Å². The number of fused-ring (bicyclic) bond motifs is 2. The van der Waals surface area contributed by atoms with Crippen molar-refractivity contribution in [2.45, 2.75) is 51.7 Å². The van der Waals surface area contributed by atoms with Crippen LogP contribution in [0.4, 0.5) is 0 Å². The van der Waals surface area contributed by atoms with E-state index < -0.39 is 5.60 Å². The highest BCUT2D eigenvalue weighted by atomic mass is 16.3. The van der Waals surface area contributed by atoms with Crippen LogP contribution < -0.4 is 0 Å². The fraction of sp³-hybridized carbons (Fsp3) is 0.400. The molecule has 0 spiro atoms. The Hall–Kier alpha value is -2.80. The van der Waals surface area contributed by atoms with Crippen LogP contribution in [0, 0.1) is 0 Å². The zero-order valence-corrected chi connectivity index (χ0v) is 16.1. The summed E-state index contributed by atoms with van der Waals surface area (Å²) in [7, 11) is 0. The maximum atomic E-state index is 10.5. The molecule has 0 aliphatic carbocycles. The number of pyridine rings is 1. The summed E-state index contributed by atoms with van der Waals surface area (Å²) >= 11 is 0. The molecule has 0 aliphatic heterocycles. The molecule has 0 amide bonds. The number of aliphatic hydroxyl groups is 1. The maximum Gasteiger partial charge on any atom is 0.158 e. The summed E-state index contributed by atoms with van der Waals surface area (Å²) in [5, 5.41) is 24.7. The van der Waals surface area contributed by atoms with Gasteiger partial charge in [0.25, 0.3) is 0 Å². The highest BCUT2D eigenvalue weighted by Crippen LogP contribution is 2.32. The molecule has 0 unspecified atom stereocenters. The molecule has 0 bridgehead atoms. The standard InChI is InChI=1S/C20H24N6O/c1-19(2,15-13-23-26-16(15)8-6-11-22-26)9-12-25-18-14(7-5-10-21-18)17(24-25)20(3,4)27/h5-8,10-11,13,27H,9,12H2,1-4H3. The number of aromatic nitrogens is 6. The van der Waals surface area contributed by atoms with Gasteiger partial charge in [0.1, 0.15) is 11.3 Å². The highest BCUT2D eigenvalue weighted by molar-refractivity contribution is 5.79. The van der Waals surface area contributed by atoms with Gasteiger partial charge in [-0.1, -0.05) is 13.8 Å². The van der Waals surface area contributed by atoms with Gasteiger partial charge in [-0.2, -0.15) is 19.9 Å². The summed E-state index contributed by atoms with van der Waals surface area (Å²) in [5.74, 6) is 0. The summed E-state index contributed by atoms with van der Waals surface area (Å²) < 4.78 is 3.56. The van der Waals surface area contributed by atoms with Crippen molar-refractivity contribution in [3.8, 4) is 0 Å². The van der Waals surface area contributed by atoms with Gasteiger partial charge in [0.15, 0.2) is 5.65 Å². The van der Waals surface area contributed by atoms with Gasteiger partial charge in [0.05, 0.1) is 11.7 Å². The molecule has 0 aliphatic rings. The quantitative estimate of drug-likeness (QED) is 0.589. The number of hydrogen-bond acceptors (Lipinski definition) is 5. The van der Waals surface area contributed by atoms with Crippen molar-refractivity contribution in [1.29, 1.82) is 0 Å². The third-order valence-electron chi connectivity index (χ3n) is 5.07. The molecule has 4 aromatic heterocycles. The normalized spacial score (nSPS) is 12.9. The lowest BCUT2D eigenvalue weighted by atomic mass is 9.82. The minimum Gasteiger partial charge on any atom is -0.384 e. The maximum absolute atomic E-state index is 10.5. The van der Waals surface area contributed by atoms with Gasteiger partial charge in [0.2, 0.25) is 0 Å². The van der Waals surface area contributed by atoms with Crippen LogP contribution in [0.2, 0.25) is 0 Å². The Bertz CT molecular complexity index is 1100. The zero-order valence-electron chi connectivity index (χ0n) is 16.1. The van der Waals surface area contributed by atoms with Gasteiger partial charge in [-0.05, 0) is 49.9 Å². The first kappa shape index (κ1) is 17.6. The lowest BCUT2D eigenvalue weighted by molar-refractivity contribution is 0.0744. The second-order valence-corrected chi connectivity index (χ2v) is 8.10. The van der Waals surface area contributed by atoms with Crippen LogP contribution in [0.3, 0.4) is 0 Å². The van der Waals surface area contributed by atoms with Gasteiger partial charge in [-0.3, -0.25) is 0 Å². The second kappa shape index (κ2) is 6.13. The van der Waals surface area contributed by atoms with Crippen LogP contribution in [0.15, 0.2) is 42.9 Å². The molecule has 4 rings (SSSR count). The second-order valence-electron chi connectivity index (χ2n) is 8.10. The lowest BCUT2D eigenvalue weighted by Crippen LogP contribution is -2.21. The van der Waals surface area contributed by atoms with Crippen molar-refractivity contribution >= 4 is 16.6 Å². The van der Waals surface area contributed by atoms with Crippen molar-refractivity contribution < 1.29 is 5.11 Å². The Balaban J connectivity index is 1.67. The van der Waals surface area contributed by atoms with Gasteiger partial charge in [0, 0.05) is 29.9 Å². The van der Waals surface area contributed by atoms with Crippen molar-refractivity contribution in [2.24, 2.45) is 0 Å². The topological polar surface area (TPSA) is 81.1 Å². The van der Waals surface area contributed by atoms with Crippen LogP contribution in [0.5, 0.6) is 0 Å². The van der Waals surface area contributed by atoms with Crippen LogP contribution in [-0.2, 0) is 17.6 Å². The van der Waals surface area contributed by atoms with Crippen LogP contribution in [0.1, 0.15) is 45.4 Å². The van der Waals surface area contributed by atoms with Crippen LogP contribution in [-0.4, -0.2) is 34.7 Å². The van der Waals surface area contributed by atoms with Crippen molar-refractivity contribution in [3.05, 3.63) is 54.1 Å². The third kappa shape index (κ3) is 3.08. The molecule has 0 aromatic carbocycles. The van der Waals surface area contributed by atoms with Gasteiger partial charge in [-0.25, -0.2) is 9.67 Å². The largest absolute Gasteiger partial charge is 0.384 e. The summed E-state index contributed by atoms with van der Waals surface area (Å²) in [6, 6.07) is 7.80. The molecule has 4 aromatic rings. The molecule has 7 nitrogen and oxygen atoms in total. The molecule has 140 valence electrons. The molecule has 0 atom stereocenters. The average molecular weight is 364 g/mol. The zero-order chi connectivity index (χ0) is 19.2. The predicted octanol–water partition coefficient (Wildman–Crippen LogP) is 3.07. The molecular formula is C20H24N6O. The number of hydrogen-bond donors (Lipinski definition) is 1. The van der Waals surface area contributed by atoms with Gasteiger partial charge >= 0.3 is 0 Å². The summed E-state index contributed by atoms with van der Waals surface area (Å²) in [6.45, 7) is 8.60. The average Bonchev–Trinajstić information content (AvgIpc) is 3.22. The molecule has 7 heteroatoms. The Morgan fingerprint density at radius 1 is 1.04 bits per heavy atom. The van der Waals surface area contributed by atoms with Crippen molar-refractivity contribution in [2.75, 3.05) is 0 Å². The molecule has 0 saturated heterocycles. The van der Waals surface area contributed by atoms with Gasteiger partial charge in [-0.15, -0.1) is 0 Å². The van der Waals surface area contributed by atoms with Crippen LogP contribution >= 0.6 is 0 Å². The Labute approximate surface area is 157 Å². The Morgan fingerprint density at radius 2 is 1.81 bits per heavy atom. The van der Waals surface area contributed by atoms with Gasteiger partial charge < -0.3 is 5.11 Å². The monoisotopic (exact) mass is 364 g/mol. The lowest BCUT2D eigenvalue weighted by Gasteiger charge is -2.24. The van der Waals surface area contributed by atoms with E-state index in [0.717, 1.165) is 28.5 Å². The minimum absolute atomic E-state index is 0.118. The van der Waals surface area contributed by atoms with E-state index in [-0.39, 0.29) is 5.41 Å². The van der Waals surface area contributed by atoms with E-state index in [2.05, 4.69) is 34.1 Å². The Kier molecular flexibility index (Phi) is 3.99. The summed E-state index contributed by atoms with van der Waals surface area (Å²) in [5.41, 5.74) is 2.49. The first-order valence-electron chi connectivity index (χ1n) is 9.11.